The number of amides is 1. The maximum absolute atomic E-state index is 11.8. The van der Waals surface area contributed by atoms with Crippen molar-refractivity contribution in [3.8, 4) is 0 Å². The van der Waals surface area contributed by atoms with Gasteiger partial charge < -0.3 is 14.2 Å². The summed E-state index contributed by atoms with van der Waals surface area (Å²) in [6.07, 6.45) is 0.973. The van der Waals surface area contributed by atoms with Crippen LogP contribution in [0.25, 0.3) is 0 Å². The second kappa shape index (κ2) is 7.56. The molecule has 1 aliphatic heterocycles. The van der Waals surface area contributed by atoms with Gasteiger partial charge >= 0.3 is 0 Å². The Morgan fingerprint density at radius 2 is 2.19 bits per heavy atom. The van der Waals surface area contributed by atoms with Gasteiger partial charge in [0.15, 0.2) is 5.76 Å². The van der Waals surface area contributed by atoms with Gasteiger partial charge in [0.2, 0.25) is 5.91 Å². The van der Waals surface area contributed by atoms with E-state index in [-0.39, 0.29) is 12.5 Å². The summed E-state index contributed by atoms with van der Waals surface area (Å²) < 4.78 is 10.3. The Kier molecular flexibility index (Phi) is 5.76. The zero-order chi connectivity index (χ0) is 15.2. The summed E-state index contributed by atoms with van der Waals surface area (Å²) >= 11 is 0. The molecule has 2 rings (SSSR count). The molecule has 2 heterocycles. The number of rotatable bonds is 5. The standard InChI is InChI=1S/C15H25N3O3/c1-12(2)14-9-13(21-16-14)10-17-5-4-6-18(8-7-17)15(19)11-20-3/h9,12H,4-8,10-11H2,1-3H3. The molecule has 0 radical (unpaired) electrons. The SMILES string of the molecule is COCC(=O)N1CCCN(Cc2cc(C(C)C)no2)CC1. The third kappa shape index (κ3) is 4.54. The lowest BCUT2D eigenvalue weighted by Gasteiger charge is -2.21. The monoisotopic (exact) mass is 295 g/mol. The van der Waals surface area contributed by atoms with Gasteiger partial charge in [-0.2, -0.15) is 0 Å². The third-order valence-corrected chi connectivity index (χ3v) is 3.76. The molecule has 0 N–H and O–H groups in total. The van der Waals surface area contributed by atoms with Crippen molar-refractivity contribution in [2.45, 2.75) is 32.7 Å². The van der Waals surface area contributed by atoms with Crippen LogP contribution in [0.3, 0.4) is 0 Å². The maximum Gasteiger partial charge on any atom is 0.248 e. The van der Waals surface area contributed by atoms with Crippen molar-refractivity contribution < 1.29 is 14.1 Å². The molecule has 0 aliphatic carbocycles. The van der Waals surface area contributed by atoms with Crippen LogP contribution in [0.15, 0.2) is 10.6 Å². The minimum Gasteiger partial charge on any atom is -0.375 e. The van der Waals surface area contributed by atoms with Crippen LogP contribution in [0.4, 0.5) is 0 Å². The fraction of sp³-hybridized carbons (Fsp3) is 0.733. The average Bonchev–Trinajstić information content (AvgIpc) is 2.78. The highest BCUT2D eigenvalue weighted by molar-refractivity contribution is 5.77. The quantitative estimate of drug-likeness (QED) is 0.823. The van der Waals surface area contributed by atoms with Gasteiger partial charge in [-0.1, -0.05) is 19.0 Å². The first-order valence-electron chi connectivity index (χ1n) is 7.54. The third-order valence-electron chi connectivity index (χ3n) is 3.76. The number of nitrogens with zero attached hydrogens (tertiary/aromatic N) is 3. The normalized spacial score (nSPS) is 17.2. The van der Waals surface area contributed by atoms with E-state index in [1.165, 1.54) is 0 Å². The molecule has 0 aromatic carbocycles. The Morgan fingerprint density at radius 1 is 1.38 bits per heavy atom. The lowest BCUT2D eigenvalue weighted by atomic mass is 10.1. The van der Waals surface area contributed by atoms with Gasteiger partial charge in [0.25, 0.3) is 0 Å². The zero-order valence-electron chi connectivity index (χ0n) is 13.2. The molecule has 1 aromatic rings. The van der Waals surface area contributed by atoms with E-state index in [1.54, 1.807) is 7.11 Å². The lowest BCUT2D eigenvalue weighted by molar-refractivity contribution is -0.135. The van der Waals surface area contributed by atoms with Crippen molar-refractivity contribution in [2.24, 2.45) is 0 Å². The number of hydrogen-bond acceptors (Lipinski definition) is 5. The van der Waals surface area contributed by atoms with Crippen molar-refractivity contribution in [3.05, 3.63) is 17.5 Å². The van der Waals surface area contributed by atoms with E-state index < -0.39 is 0 Å². The summed E-state index contributed by atoms with van der Waals surface area (Å²) in [5.41, 5.74) is 0.997. The van der Waals surface area contributed by atoms with Gasteiger partial charge in [0.1, 0.15) is 6.61 Å². The Balaban J connectivity index is 1.86. The first kappa shape index (κ1) is 16.0. The van der Waals surface area contributed by atoms with Crippen molar-refractivity contribution in [2.75, 3.05) is 39.9 Å². The molecule has 0 atom stereocenters. The number of aromatic nitrogens is 1. The molecule has 1 fully saturated rings. The summed E-state index contributed by atoms with van der Waals surface area (Å²) in [6.45, 7) is 8.49. The van der Waals surface area contributed by atoms with Crippen molar-refractivity contribution in [3.63, 3.8) is 0 Å². The first-order valence-corrected chi connectivity index (χ1v) is 7.54. The van der Waals surface area contributed by atoms with Crippen LogP contribution in [0.5, 0.6) is 0 Å². The topological polar surface area (TPSA) is 58.8 Å². The summed E-state index contributed by atoms with van der Waals surface area (Å²) in [5.74, 6) is 1.35. The van der Waals surface area contributed by atoms with Gasteiger partial charge in [0, 0.05) is 39.4 Å². The Labute approximate surface area is 126 Å². The molecule has 0 saturated carbocycles. The Morgan fingerprint density at radius 3 is 2.86 bits per heavy atom. The molecule has 1 aromatic heterocycles. The number of ether oxygens (including phenoxy) is 1. The zero-order valence-corrected chi connectivity index (χ0v) is 13.2. The van der Waals surface area contributed by atoms with E-state index in [9.17, 15) is 4.79 Å². The van der Waals surface area contributed by atoms with Gasteiger partial charge in [0.05, 0.1) is 12.2 Å². The largest absolute Gasteiger partial charge is 0.375 e. The highest BCUT2D eigenvalue weighted by Crippen LogP contribution is 2.16. The van der Waals surface area contributed by atoms with E-state index in [4.69, 9.17) is 9.26 Å². The molecule has 0 spiro atoms. The van der Waals surface area contributed by atoms with E-state index in [0.29, 0.717) is 5.92 Å². The van der Waals surface area contributed by atoms with Gasteiger partial charge in [-0.3, -0.25) is 9.69 Å². The van der Waals surface area contributed by atoms with Crippen LogP contribution in [-0.4, -0.2) is 60.8 Å². The molecular weight excluding hydrogens is 270 g/mol. The van der Waals surface area contributed by atoms with Crippen LogP contribution in [0.1, 0.15) is 37.6 Å². The van der Waals surface area contributed by atoms with Crippen molar-refractivity contribution >= 4 is 5.91 Å². The van der Waals surface area contributed by atoms with Gasteiger partial charge in [-0.15, -0.1) is 0 Å². The summed E-state index contributed by atoms with van der Waals surface area (Å²) in [5, 5.41) is 4.09. The van der Waals surface area contributed by atoms with Crippen LogP contribution in [0, 0.1) is 0 Å². The molecule has 1 saturated heterocycles. The fourth-order valence-corrected chi connectivity index (χ4v) is 2.49. The molecule has 1 aliphatic rings. The van der Waals surface area contributed by atoms with Crippen LogP contribution >= 0.6 is 0 Å². The van der Waals surface area contributed by atoms with E-state index in [0.717, 1.165) is 50.6 Å². The lowest BCUT2D eigenvalue weighted by Crippen LogP contribution is -2.37. The summed E-state index contributed by atoms with van der Waals surface area (Å²) in [4.78, 5) is 16.0. The predicted octanol–water partition coefficient (Wildman–Crippen LogP) is 1.48. The second-order valence-corrected chi connectivity index (χ2v) is 5.82. The predicted molar refractivity (Wildman–Crippen MR) is 78.9 cm³/mol. The number of carbonyl (C=O) groups excluding carboxylic acids is 1. The van der Waals surface area contributed by atoms with E-state index in [1.807, 2.05) is 11.0 Å². The van der Waals surface area contributed by atoms with Crippen LogP contribution in [0.2, 0.25) is 0 Å². The summed E-state index contributed by atoms with van der Waals surface area (Å²) in [7, 11) is 1.55. The number of methoxy groups -OCH3 is 1. The molecule has 118 valence electrons. The van der Waals surface area contributed by atoms with E-state index in [2.05, 4.69) is 23.9 Å². The Bertz CT molecular complexity index is 459. The smallest absolute Gasteiger partial charge is 0.248 e. The number of hydrogen-bond donors (Lipinski definition) is 0. The van der Waals surface area contributed by atoms with Crippen LogP contribution in [-0.2, 0) is 16.1 Å². The minimum atomic E-state index is 0.0705. The van der Waals surface area contributed by atoms with Gasteiger partial charge in [-0.25, -0.2) is 0 Å². The van der Waals surface area contributed by atoms with Crippen LogP contribution < -0.4 is 0 Å². The Hall–Kier alpha value is -1.40. The number of carbonyl (C=O) groups is 1. The second-order valence-electron chi connectivity index (χ2n) is 5.82. The van der Waals surface area contributed by atoms with Crippen molar-refractivity contribution in [1.29, 1.82) is 0 Å². The highest BCUT2D eigenvalue weighted by Gasteiger charge is 2.20. The van der Waals surface area contributed by atoms with E-state index >= 15 is 0 Å². The first-order chi connectivity index (χ1) is 10.1. The van der Waals surface area contributed by atoms with Gasteiger partial charge in [-0.05, 0) is 12.3 Å². The highest BCUT2D eigenvalue weighted by atomic mass is 16.5. The maximum atomic E-state index is 11.8. The molecular formula is C15H25N3O3. The minimum absolute atomic E-state index is 0.0705. The van der Waals surface area contributed by atoms with Crippen molar-refractivity contribution in [1.82, 2.24) is 15.0 Å². The molecule has 0 unspecified atom stereocenters. The molecule has 6 nitrogen and oxygen atoms in total. The molecule has 21 heavy (non-hydrogen) atoms. The average molecular weight is 295 g/mol. The summed E-state index contributed by atoms with van der Waals surface area (Å²) in [6, 6.07) is 2.03. The molecule has 1 amide bonds. The fourth-order valence-electron chi connectivity index (χ4n) is 2.49. The molecule has 0 bridgehead atoms. The molecule has 6 heteroatoms.